The van der Waals surface area contributed by atoms with E-state index in [9.17, 15) is 9.59 Å². The molecule has 1 heterocycles. The fraction of sp³-hybridized carbons (Fsp3) is 0.389. The van der Waals surface area contributed by atoms with Crippen molar-refractivity contribution in [3.05, 3.63) is 46.7 Å². The van der Waals surface area contributed by atoms with Crippen molar-refractivity contribution in [2.75, 3.05) is 0 Å². The molecule has 0 saturated carbocycles. The molecule has 0 spiro atoms. The molecule has 1 atom stereocenters. The third-order valence-electron chi connectivity index (χ3n) is 4.80. The fourth-order valence-corrected chi connectivity index (χ4v) is 3.46. The van der Waals surface area contributed by atoms with Gasteiger partial charge in [-0.05, 0) is 50.8 Å². The highest BCUT2D eigenvalue weighted by atomic mass is 16.4. The van der Waals surface area contributed by atoms with Gasteiger partial charge >= 0.3 is 5.97 Å². The SMILES string of the molecule is CC1=NC2=C(C(=O)CCC2)C1(C)Cc1ccc(C(=O)O)cc1. The average molecular weight is 297 g/mol. The molecule has 0 fully saturated rings. The highest BCUT2D eigenvalue weighted by Crippen LogP contribution is 2.44. The predicted octanol–water partition coefficient (Wildman–Crippen LogP) is 3.42. The Kier molecular flexibility index (Phi) is 3.47. The highest BCUT2D eigenvalue weighted by Gasteiger charge is 2.43. The van der Waals surface area contributed by atoms with Gasteiger partial charge in [0.1, 0.15) is 0 Å². The van der Waals surface area contributed by atoms with Crippen LogP contribution in [0.5, 0.6) is 0 Å². The Labute approximate surface area is 129 Å². The topological polar surface area (TPSA) is 66.7 Å². The van der Waals surface area contributed by atoms with Gasteiger partial charge in [-0.15, -0.1) is 0 Å². The van der Waals surface area contributed by atoms with Crippen molar-refractivity contribution in [1.29, 1.82) is 0 Å². The van der Waals surface area contributed by atoms with E-state index in [0.29, 0.717) is 12.8 Å². The zero-order valence-corrected chi connectivity index (χ0v) is 12.8. The lowest BCUT2D eigenvalue weighted by molar-refractivity contribution is -0.116. The number of allylic oxidation sites excluding steroid dienone is 2. The van der Waals surface area contributed by atoms with Crippen LogP contribution in [0.4, 0.5) is 0 Å². The molecule has 2 aliphatic rings. The maximum Gasteiger partial charge on any atom is 0.335 e. The molecule has 22 heavy (non-hydrogen) atoms. The van der Waals surface area contributed by atoms with E-state index >= 15 is 0 Å². The van der Waals surface area contributed by atoms with Crippen LogP contribution in [0.25, 0.3) is 0 Å². The molecule has 114 valence electrons. The summed E-state index contributed by atoms with van der Waals surface area (Å²) in [6.45, 7) is 4.06. The molecule has 4 heteroatoms. The second-order valence-electron chi connectivity index (χ2n) is 6.31. The number of ketones is 1. The van der Waals surface area contributed by atoms with Gasteiger partial charge < -0.3 is 5.11 Å². The van der Waals surface area contributed by atoms with Crippen LogP contribution in [-0.4, -0.2) is 22.6 Å². The number of hydrogen-bond donors (Lipinski definition) is 1. The molecule has 1 N–H and O–H groups in total. The van der Waals surface area contributed by atoms with Gasteiger partial charge in [-0.3, -0.25) is 9.79 Å². The molecule has 1 unspecified atom stereocenters. The van der Waals surface area contributed by atoms with Crippen LogP contribution in [0.15, 0.2) is 40.5 Å². The van der Waals surface area contributed by atoms with Crippen molar-refractivity contribution in [3.8, 4) is 0 Å². The van der Waals surface area contributed by atoms with E-state index in [2.05, 4.69) is 11.9 Å². The Morgan fingerprint density at radius 1 is 1.27 bits per heavy atom. The van der Waals surface area contributed by atoms with E-state index in [1.807, 2.05) is 19.1 Å². The second-order valence-corrected chi connectivity index (χ2v) is 6.31. The standard InChI is InChI=1S/C18H19NO3/c1-11-18(2,16-14(19-11)4-3-5-15(16)20)10-12-6-8-13(9-7-12)17(21)22/h6-9H,3-5,10H2,1-2H3,(H,21,22). The summed E-state index contributed by atoms with van der Waals surface area (Å²) in [6, 6.07) is 6.88. The summed E-state index contributed by atoms with van der Waals surface area (Å²) in [7, 11) is 0. The summed E-state index contributed by atoms with van der Waals surface area (Å²) in [4.78, 5) is 27.9. The van der Waals surface area contributed by atoms with Gasteiger partial charge in [-0.2, -0.15) is 0 Å². The Morgan fingerprint density at radius 3 is 2.59 bits per heavy atom. The molecule has 1 aromatic carbocycles. The molecule has 0 aromatic heterocycles. The number of nitrogens with zero attached hydrogens (tertiary/aromatic N) is 1. The van der Waals surface area contributed by atoms with E-state index in [1.165, 1.54) is 0 Å². The van der Waals surface area contributed by atoms with Crippen molar-refractivity contribution in [2.24, 2.45) is 10.4 Å². The quantitative estimate of drug-likeness (QED) is 0.929. The van der Waals surface area contributed by atoms with Crippen molar-refractivity contribution in [3.63, 3.8) is 0 Å². The van der Waals surface area contributed by atoms with Gasteiger partial charge in [-0.1, -0.05) is 12.1 Å². The first-order chi connectivity index (χ1) is 10.4. The smallest absolute Gasteiger partial charge is 0.335 e. The summed E-state index contributed by atoms with van der Waals surface area (Å²) in [6.07, 6.45) is 3.05. The molecule has 0 bridgehead atoms. The van der Waals surface area contributed by atoms with Crippen LogP contribution >= 0.6 is 0 Å². The van der Waals surface area contributed by atoms with E-state index in [-0.39, 0.29) is 16.8 Å². The van der Waals surface area contributed by atoms with Crippen LogP contribution in [-0.2, 0) is 11.2 Å². The maximum atomic E-state index is 12.4. The van der Waals surface area contributed by atoms with Crippen LogP contribution < -0.4 is 0 Å². The largest absolute Gasteiger partial charge is 0.478 e. The lowest BCUT2D eigenvalue weighted by Gasteiger charge is -2.29. The van der Waals surface area contributed by atoms with Gasteiger partial charge in [0.2, 0.25) is 0 Å². The third-order valence-corrected chi connectivity index (χ3v) is 4.80. The minimum atomic E-state index is -0.927. The number of carboxylic acid groups (broad SMARTS) is 1. The van der Waals surface area contributed by atoms with Crippen molar-refractivity contribution in [1.82, 2.24) is 0 Å². The van der Waals surface area contributed by atoms with Crippen molar-refractivity contribution in [2.45, 2.75) is 39.5 Å². The minimum absolute atomic E-state index is 0.214. The number of benzene rings is 1. The number of carboxylic acids is 1. The molecule has 4 nitrogen and oxygen atoms in total. The zero-order chi connectivity index (χ0) is 15.9. The number of hydrogen-bond acceptors (Lipinski definition) is 3. The molecule has 0 saturated heterocycles. The first-order valence-electron chi connectivity index (χ1n) is 7.56. The van der Waals surface area contributed by atoms with Gasteiger partial charge in [0.15, 0.2) is 5.78 Å². The minimum Gasteiger partial charge on any atom is -0.478 e. The third kappa shape index (κ3) is 2.28. The Balaban J connectivity index is 1.93. The number of carbonyl (C=O) groups is 2. The molecule has 0 radical (unpaired) electrons. The fourth-order valence-electron chi connectivity index (χ4n) is 3.46. The maximum absolute atomic E-state index is 12.4. The molecule has 1 aromatic rings. The first kappa shape index (κ1) is 14.7. The lowest BCUT2D eigenvalue weighted by Crippen LogP contribution is -2.32. The summed E-state index contributed by atoms with van der Waals surface area (Å²) >= 11 is 0. The Morgan fingerprint density at radius 2 is 1.95 bits per heavy atom. The Hall–Kier alpha value is -2.23. The lowest BCUT2D eigenvalue weighted by atomic mass is 9.71. The van der Waals surface area contributed by atoms with Gasteiger partial charge in [0, 0.05) is 28.8 Å². The van der Waals surface area contributed by atoms with Crippen molar-refractivity contribution < 1.29 is 14.7 Å². The molecular formula is C18H19NO3. The Bertz CT molecular complexity index is 712. The van der Waals surface area contributed by atoms with E-state index in [1.54, 1.807) is 12.1 Å². The number of rotatable bonds is 3. The van der Waals surface area contributed by atoms with E-state index in [4.69, 9.17) is 5.11 Å². The summed E-state index contributed by atoms with van der Waals surface area (Å²) < 4.78 is 0. The van der Waals surface area contributed by atoms with Crippen LogP contribution in [0.3, 0.4) is 0 Å². The first-order valence-corrected chi connectivity index (χ1v) is 7.56. The average Bonchev–Trinajstić information content (AvgIpc) is 2.72. The summed E-state index contributed by atoms with van der Waals surface area (Å²) in [5.41, 5.74) is 3.75. The van der Waals surface area contributed by atoms with Gasteiger partial charge in [0.25, 0.3) is 0 Å². The normalized spacial score (nSPS) is 24.3. The highest BCUT2D eigenvalue weighted by molar-refractivity contribution is 6.09. The molecule has 1 aliphatic carbocycles. The number of aliphatic imine (C=N–C) groups is 1. The molecular weight excluding hydrogens is 278 g/mol. The summed E-state index contributed by atoms with van der Waals surface area (Å²) in [5.74, 6) is -0.713. The van der Waals surface area contributed by atoms with E-state index < -0.39 is 5.97 Å². The second kappa shape index (κ2) is 5.20. The van der Waals surface area contributed by atoms with Crippen LogP contribution in [0.1, 0.15) is 49.0 Å². The molecule has 1 aliphatic heterocycles. The monoisotopic (exact) mass is 297 g/mol. The van der Waals surface area contributed by atoms with Crippen LogP contribution in [0.2, 0.25) is 0 Å². The van der Waals surface area contributed by atoms with Crippen molar-refractivity contribution >= 4 is 17.5 Å². The van der Waals surface area contributed by atoms with Crippen LogP contribution in [0, 0.1) is 5.41 Å². The van der Waals surface area contributed by atoms with Gasteiger partial charge in [0.05, 0.1) is 5.56 Å². The van der Waals surface area contributed by atoms with E-state index in [0.717, 1.165) is 35.4 Å². The molecule has 3 rings (SSSR count). The molecule has 0 amide bonds. The summed E-state index contributed by atoms with van der Waals surface area (Å²) in [5, 5.41) is 8.97. The van der Waals surface area contributed by atoms with Gasteiger partial charge in [-0.25, -0.2) is 4.79 Å². The predicted molar refractivity (Wildman–Crippen MR) is 84.2 cm³/mol. The number of Topliss-reactive ketones (excluding diaryl/α,β-unsaturated/α-hetero) is 1. The zero-order valence-electron chi connectivity index (χ0n) is 12.8. The number of aromatic carboxylic acids is 1. The number of carbonyl (C=O) groups excluding carboxylic acids is 1.